The number of nitrogens with zero attached hydrogens (tertiary/aromatic N) is 4. The van der Waals surface area contributed by atoms with Crippen LogP contribution in [-0.2, 0) is 0 Å². The van der Waals surface area contributed by atoms with E-state index in [1.807, 2.05) is 6.92 Å². The molecule has 0 aliphatic carbocycles. The van der Waals surface area contributed by atoms with Crippen molar-refractivity contribution in [3.8, 4) is 5.69 Å². The van der Waals surface area contributed by atoms with E-state index in [-0.39, 0.29) is 5.82 Å². The number of nitrogens with one attached hydrogen (secondary N) is 1. The van der Waals surface area contributed by atoms with Gasteiger partial charge in [0.05, 0.1) is 17.3 Å². The number of rotatable bonds is 4. The molecule has 0 fully saturated rings. The van der Waals surface area contributed by atoms with Gasteiger partial charge >= 0.3 is 0 Å². The Morgan fingerprint density at radius 2 is 2.14 bits per heavy atom. The predicted molar refractivity (Wildman–Crippen MR) is 80.1 cm³/mol. The van der Waals surface area contributed by atoms with E-state index in [9.17, 15) is 4.39 Å². The quantitative estimate of drug-likeness (QED) is 0.800. The van der Waals surface area contributed by atoms with Crippen molar-refractivity contribution in [3.05, 3.63) is 42.1 Å². The van der Waals surface area contributed by atoms with Gasteiger partial charge in [-0.2, -0.15) is 5.10 Å². The first-order valence-corrected chi connectivity index (χ1v) is 6.91. The summed E-state index contributed by atoms with van der Waals surface area (Å²) in [6, 6.07) is 6.29. The van der Waals surface area contributed by atoms with Crippen molar-refractivity contribution in [2.45, 2.75) is 20.3 Å². The maximum atomic E-state index is 13.4. The predicted octanol–water partition coefficient (Wildman–Crippen LogP) is 3.08. The molecular weight excluding hydrogens is 269 g/mol. The average Bonchev–Trinajstić information content (AvgIpc) is 2.88. The number of hydrogen-bond acceptors (Lipinski definition) is 4. The highest BCUT2D eigenvalue weighted by molar-refractivity contribution is 5.87. The van der Waals surface area contributed by atoms with Crippen LogP contribution in [0.5, 0.6) is 0 Å². The maximum absolute atomic E-state index is 13.4. The first kappa shape index (κ1) is 13.5. The molecule has 0 radical (unpaired) electrons. The van der Waals surface area contributed by atoms with Gasteiger partial charge in [0.1, 0.15) is 17.5 Å². The van der Waals surface area contributed by atoms with Crippen LogP contribution in [-0.4, -0.2) is 26.3 Å². The molecule has 21 heavy (non-hydrogen) atoms. The zero-order valence-corrected chi connectivity index (χ0v) is 12.0. The Morgan fingerprint density at radius 3 is 2.90 bits per heavy atom. The first-order chi connectivity index (χ1) is 10.2. The van der Waals surface area contributed by atoms with Crippen molar-refractivity contribution in [2.75, 3.05) is 11.9 Å². The van der Waals surface area contributed by atoms with Gasteiger partial charge in [-0.3, -0.25) is 0 Å². The Morgan fingerprint density at radius 1 is 1.29 bits per heavy atom. The summed E-state index contributed by atoms with van der Waals surface area (Å²) in [6.45, 7) is 4.75. The average molecular weight is 285 g/mol. The third-order valence-corrected chi connectivity index (χ3v) is 3.14. The standard InChI is InChI=1S/C15H16FN5/c1-3-7-17-14-13-9-18-21(15(13)20-10(2)19-14)12-6-4-5-11(16)8-12/h4-6,8-9H,3,7H2,1-2H3,(H,17,19,20). The molecule has 0 spiro atoms. The van der Waals surface area contributed by atoms with Crippen molar-refractivity contribution in [1.82, 2.24) is 19.7 Å². The Hall–Kier alpha value is -2.50. The van der Waals surface area contributed by atoms with Crippen LogP contribution in [0.3, 0.4) is 0 Å². The molecule has 0 amide bonds. The lowest BCUT2D eigenvalue weighted by Gasteiger charge is -2.07. The van der Waals surface area contributed by atoms with Gasteiger partial charge in [-0.15, -0.1) is 0 Å². The monoisotopic (exact) mass is 285 g/mol. The van der Waals surface area contributed by atoms with E-state index in [4.69, 9.17) is 0 Å². The molecule has 3 rings (SSSR count). The summed E-state index contributed by atoms with van der Waals surface area (Å²) in [4.78, 5) is 8.85. The third kappa shape index (κ3) is 2.56. The minimum atomic E-state index is -0.300. The van der Waals surface area contributed by atoms with Gasteiger partial charge in [-0.1, -0.05) is 13.0 Å². The smallest absolute Gasteiger partial charge is 0.168 e. The van der Waals surface area contributed by atoms with Gasteiger partial charge in [-0.05, 0) is 31.5 Å². The lowest BCUT2D eigenvalue weighted by atomic mass is 10.3. The van der Waals surface area contributed by atoms with E-state index < -0.39 is 0 Å². The normalized spacial score (nSPS) is 11.0. The van der Waals surface area contributed by atoms with E-state index >= 15 is 0 Å². The molecule has 5 nitrogen and oxygen atoms in total. The zero-order chi connectivity index (χ0) is 14.8. The number of halogens is 1. The highest BCUT2D eigenvalue weighted by atomic mass is 19.1. The third-order valence-electron chi connectivity index (χ3n) is 3.14. The minimum absolute atomic E-state index is 0.300. The Bertz CT molecular complexity index is 781. The zero-order valence-electron chi connectivity index (χ0n) is 12.0. The summed E-state index contributed by atoms with van der Waals surface area (Å²) in [5.74, 6) is 1.12. The molecule has 1 N–H and O–H groups in total. The summed E-state index contributed by atoms with van der Waals surface area (Å²) >= 11 is 0. The van der Waals surface area contributed by atoms with Gasteiger partial charge < -0.3 is 5.32 Å². The lowest BCUT2D eigenvalue weighted by molar-refractivity contribution is 0.625. The molecule has 0 unspecified atom stereocenters. The van der Waals surface area contributed by atoms with Crippen molar-refractivity contribution in [2.24, 2.45) is 0 Å². The van der Waals surface area contributed by atoms with Crippen molar-refractivity contribution < 1.29 is 4.39 Å². The summed E-state index contributed by atoms with van der Waals surface area (Å²) < 4.78 is 15.0. The summed E-state index contributed by atoms with van der Waals surface area (Å²) in [5.41, 5.74) is 1.32. The molecule has 2 aromatic heterocycles. The molecule has 0 saturated carbocycles. The van der Waals surface area contributed by atoms with Crippen LogP contribution in [0.25, 0.3) is 16.7 Å². The molecule has 0 aliphatic rings. The van der Waals surface area contributed by atoms with E-state index in [1.165, 1.54) is 12.1 Å². The second-order valence-electron chi connectivity index (χ2n) is 4.82. The van der Waals surface area contributed by atoms with Gasteiger partial charge in [0, 0.05) is 6.54 Å². The largest absolute Gasteiger partial charge is 0.369 e. The Balaban J connectivity index is 2.15. The molecule has 108 valence electrons. The molecule has 3 aromatic rings. The molecule has 6 heteroatoms. The first-order valence-electron chi connectivity index (χ1n) is 6.91. The van der Waals surface area contributed by atoms with Crippen molar-refractivity contribution in [3.63, 3.8) is 0 Å². The molecule has 2 heterocycles. The van der Waals surface area contributed by atoms with Gasteiger partial charge in [0.2, 0.25) is 0 Å². The van der Waals surface area contributed by atoms with Gasteiger partial charge in [0.15, 0.2) is 5.65 Å². The molecule has 0 bridgehead atoms. The summed E-state index contributed by atoms with van der Waals surface area (Å²) in [5, 5.41) is 8.43. The highest BCUT2D eigenvalue weighted by Gasteiger charge is 2.12. The maximum Gasteiger partial charge on any atom is 0.168 e. The van der Waals surface area contributed by atoms with E-state index in [1.54, 1.807) is 23.0 Å². The van der Waals surface area contributed by atoms with Crippen LogP contribution < -0.4 is 5.32 Å². The fraction of sp³-hybridized carbons (Fsp3) is 0.267. The highest BCUT2D eigenvalue weighted by Crippen LogP contribution is 2.22. The summed E-state index contributed by atoms with van der Waals surface area (Å²) in [6.07, 6.45) is 2.71. The number of aryl methyl sites for hydroxylation is 1. The van der Waals surface area contributed by atoms with Crippen LogP contribution in [0.1, 0.15) is 19.2 Å². The van der Waals surface area contributed by atoms with E-state index in [0.717, 1.165) is 24.2 Å². The number of hydrogen-bond donors (Lipinski definition) is 1. The van der Waals surface area contributed by atoms with Crippen LogP contribution >= 0.6 is 0 Å². The molecule has 1 aromatic carbocycles. The number of fused-ring (bicyclic) bond motifs is 1. The molecule has 0 saturated heterocycles. The van der Waals surface area contributed by atoms with Crippen LogP contribution in [0, 0.1) is 12.7 Å². The summed E-state index contributed by atoms with van der Waals surface area (Å²) in [7, 11) is 0. The lowest BCUT2D eigenvalue weighted by Crippen LogP contribution is -2.05. The fourth-order valence-electron chi connectivity index (χ4n) is 2.19. The van der Waals surface area contributed by atoms with E-state index in [0.29, 0.717) is 17.2 Å². The minimum Gasteiger partial charge on any atom is -0.369 e. The van der Waals surface area contributed by atoms with Crippen LogP contribution in [0.4, 0.5) is 10.2 Å². The second-order valence-corrected chi connectivity index (χ2v) is 4.82. The molecule has 0 aliphatic heterocycles. The van der Waals surface area contributed by atoms with Crippen molar-refractivity contribution >= 4 is 16.9 Å². The molecular formula is C15H16FN5. The topological polar surface area (TPSA) is 55.6 Å². The van der Waals surface area contributed by atoms with E-state index in [2.05, 4.69) is 27.3 Å². The molecule has 0 atom stereocenters. The Labute approximate surface area is 121 Å². The Kier molecular flexibility index (Phi) is 3.51. The van der Waals surface area contributed by atoms with Crippen molar-refractivity contribution in [1.29, 1.82) is 0 Å². The number of aromatic nitrogens is 4. The van der Waals surface area contributed by atoms with Gasteiger partial charge in [0.25, 0.3) is 0 Å². The SMILES string of the molecule is CCCNc1nc(C)nc2c1cnn2-c1cccc(F)c1. The van der Waals surface area contributed by atoms with Gasteiger partial charge in [-0.25, -0.2) is 19.0 Å². The fourth-order valence-corrected chi connectivity index (χ4v) is 2.19. The van der Waals surface area contributed by atoms with Crippen LogP contribution in [0.2, 0.25) is 0 Å². The second kappa shape index (κ2) is 5.47. The number of benzene rings is 1. The van der Waals surface area contributed by atoms with Crippen LogP contribution in [0.15, 0.2) is 30.5 Å². The number of anilines is 1.